The molecule has 0 aromatic heterocycles. The van der Waals surface area contributed by atoms with Gasteiger partial charge in [-0.25, -0.2) is 0 Å². The molecule has 13 heavy (non-hydrogen) atoms. The number of rotatable bonds is 8. The SMILES string of the molecule is CS(=O)(=O)OCCCCCNC=O. The lowest BCUT2D eigenvalue weighted by atomic mass is 10.2. The minimum absolute atomic E-state index is 0.222. The molecule has 78 valence electrons. The minimum Gasteiger partial charge on any atom is -0.359 e. The van der Waals surface area contributed by atoms with Crippen molar-refractivity contribution in [2.75, 3.05) is 19.4 Å². The first-order chi connectivity index (χ1) is 6.06. The Hall–Kier alpha value is -0.620. The van der Waals surface area contributed by atoms with E-state index in [-0.39, 0.29) is 6.61 Å². The quantitative estimate of drug-likeness (QED) is 0.343. The van der Waals surface area contributed by atoms with E-state index in [1.54, 1.807) is 0 Å². The standard InChI is InChI=1S/C7H15NO4S/c1-13(10,11)12-6-4-2-3-5-8-7-9/h7H,2-6H2,1H3,(H,8,9). The van der Waals surface area contributed by atoms with Gasteiger partial charge in [-0.15, -0.1) is 0 Å². The minimum atomic E-state index is -3.29. The summed E-state index contributed by atoms with van der Waals surface area (Å²) >= 11 is 0. The summed E-state index contributed by atoms with van der Waals surface area (Å²) in [7, 11) is -3.29. The summed E-state index contributed by atoms with van der Waals surface area (Å²) in [6.07, 6.45) is 4.05. The van der Waals surface area contributed by atoms with E-state index in [1.807, 2.05) is 0 Å². The summed E-state index contributed by atoms with van der Waals surface area (Å²) in [6.45, 7) is 0.850. The molecule has 1 N–H and O–H groups in total. The highest BCUT2D eigenvalue weighted by atomic mass is 32.2. The van der Waals surface area contributed by atoms with Gasteiger partial charge in [-0.1, -0.05) is 0 Å². The molecule has 0 bridgehead atoms. The number of carbonyl (C=O) groups excluding carboxylic acids is 1. The van der Waals surface area contributed by atoms with Crippen molar-refractivity contribution in [1.82, 2.24) is 5.32 Å². The zero-order valence-electron chi connectivity index (χ0n) is 7.65. The van der Waals surface area contributed by atoms with E-state index in [9.17, 15) is 13.2 Å². The topological polar surface area (TPSA) is 72.5 Å². The number of nitrogens with one attached hydrogen (secondary N) is 1. The molecule has 0 spiro atoms. The van der Waals surface area contributed by atoms with Crippen LogP contribution in [0.25, 0.3) is 0 Å². The Balaban J connectivity index is 3.13. The number of hydrogen-bond donors (Lipinski definition) is 1. The highest BCUT2D eigenvalue weighted by molar-refractivity contribution is 7.85. The van der Waals surface area contributed by atoms with Crippen molar-refractivity contribution in [3.05, 3.63) is 0 Å². The Morgan fingerprint density at radius 3 is 2.54 bits per heavy atom. The van der Waals surface area contributed by atoms with E-state index in [1.165, 1.54) is 0 Å². The maximum atomic E-state index is 10.5. The molecule has 0 radical (unpaired) electrons. The molecule has 0 aliphatic heterocycles. The highest BCUT2D eigenvalue weighted by Crippen LogP contribution is 1.96. The lowest BCUT2D eigenvalue weighted by Crippen LogP contribution is -2.12. The fourth-order valence-electron chi connectivity index (χ4n) is 0.775. The summed E-state index contributed by atoms with van der Waals surface area (Å²) in [4.78, 5) is 9.81. The van der Waals surface area contributed by atoms with E-state index in [0.29, 0.717) is 19.4 Å². The van der Waals surface area contributed by atoms with Crippen molar-refractivity contribution in [3.63, 3.8) is 0 Å². The van der Waals surface area contributed by atoms with Gasteiger partial charge in [0, 0.05) is 6.54 Å². The Morgan fingerprint density at radius 1 is 1.31 bits per heavy atom. The van der Waals surface area contributed by atoms with Crippen molar-refractivity contribution in [2.24, 2.45) is 0 Å². The summed E-state index contributed by atoms with van der Waals surface area (Å²) in [5.41, 5.74) is 0. The Morgan fingerprint density at radius 2 is 2.00 bits per heavy atom. The van der Waals surface area contributed by atoms with Crippen LogP contribution >= 0.6 is 0 Å². The van der Waals surface area contributed by atoms with Crippen molar-refractivity contribution in [1.29, 1.82) is 0 Å². The van der Waals surface area contributed by atoms with Gasteiger partial charge in [0.1, 0.15) is 0 Å². The van der Waals surface area contributed by atoms with E-state index >= 15 is 0 Å². The fourth-order valence-corrected chi connectivity index (χ4v) is 1.20. The van der Waals surface area contributed by atoms with Crippen molar-refractivity contribution >= 4 is 16.5 Å². The molecule has 0 aliphatic carbocycles. The summed E-state index contributed by atoms with van der Waals surface area (Å²) in [5, 5.41) is 2.52. The predicted molar refractivity (Wildman–Crippen MR) is 48.7 cm³/mol. The molecule has 0 heterocycles. The summed E-state index contributed by atoms with van der Waals surface area (Å²) < 4.78 is 25.5. The molecule has 0 saturated heterocycles. The van der Waals surface area contributed by atoms with Crippen LogP contribution in [0.2, 0.25) is 0 Å². The van der Waals surface area contributed by atoms with Crippen LogP contribution in [0.4, 0.5) is 0 Å². The second-order valence-electron chi connectivity index (χ2n) is 2.66. The van der Waals surface area contributed by atoms with Gasteiger partial charge in [-0.2, -0.15) is 8.42 Å². The zero-order chi connectivity index (χ0) is 10.2. The van der Waals surface area contributed by atoms with E-state index in [2.05, 4.69) is 9.50 Å². The zero-order valence-corrected chi connectivity index (χ0v) is 8.47. The smallest absolute Gasteiger partial charge is 0.264 e. The highest BCUT2D eigenvalue weighted by Gasteiger charge is 1.99. The Labute approximate surface area is 78.6 Å². The van der Waals surface area contributed by atoms with Crippen LogP contribution in [0, 0.1) is 0 Å². The van der Waals surface area contributed by atoms with Gasteiger partial charge in [0.15, 0.2) is 0 Å². The first-order valence-electron chi connectivity index (χ1n) is 4.07. The van der Waals surface area contributed by atoms with Crippen LogP contribution in [0.5, 0.6) is 0 Å². The van der Waals surface area contributed by atoms with Crippen LogP contribution in [0.15, 0.2) is 0 Å². The lowest BCUT2D eigenvalue weighted by molar-refractivity contribution is -0.109. The van der Waals surface area contributed by atoms with Gasteiger partial charge in [0.05, 0.1) is 12.9 Å². The maximum Gasteiger partial charge on any atom is 0.264 e. The van der Waals surface area contributed by atoms with Crippen molar-refractivity contribution < 1.29 is 17.4 Å². The van der Waals surface area contributed by atoms with Gasteiger partial charge < -0.3 is 5.32 Å². The van der Waals surface area contributed by atoms with Crippen LogP contribution in [0.3, 0.4) is 0 Å². The molecule has 0 rings (SSSR count). The molecule has 5 nitrogen and oxygen atoms in total. The molecule has 0 saturated carbocycles. The molecule has 0 aromatic rings. The number of unbranched alkanes of at least 4 members (excludes halogenated alkanes) is 2. The molecule has 0 fully saturated rings. The van der Waals surface area contributed by atoms with E-state index in [0.717, 1.165) is 19.1 Å². The normalized spacial score (nSPS) is 11.2. The van der Waals surface area contributed by atoms with Gasteiger partial charge >= 0.3 is 0 Å². The first-order valence-corrected chi connectivity index (χ1v) is 5.89. The van der Waals surface area contributed by atoms with Crippen molar-refractivity contribution in [3.8, 4) is 0 Å². The third-order valence-corrected chi connectivity index (χ3v) is 1.94. The second kappa shape index (κ2) is 6.85. The molecular weight excluding hydrogens is 194 g/mol. The average Bonchev–Trinajstić information content (AvgIpc) is 2.01. The Bertz CT molecular complexity index is 225. The number of amides is 1. The number of hydrogen-bond acceptors (Lipinski definition) is 4. The molecule has 1 amide bonds. The van der Waals surface area contributed by atoms with Gasteiger partial charge in [-0.05, 0) is 19.3 Å². The van der Waals surface area contributed by atoms with Crippen LogP contribution < -0.4 is 5.32 Å². The average molecular weight is 209 g/mol. The molecule has 0 aromatic carbocycles. The largest absolute Gasteiger partial charge is 0.359 e. The van der Waals surface area contributed by atoms with Crippen LogP contribution in [0.1, 0.15) is 19.3 Å². The van der Waals surface area contributed by atoms with Gasteiger partial charge in [0.2, 0.25) is 6.41 Å². The van der Waals surface area contributed by atoms with E-state index < -0.39 is 10.1 Å². The van der Waals surface area contributed by atoms with Gasteiger partial charge in [0.25, 0.3) is 10.1 Å². The Kier molecular flexibility index (Phi) is 6.52. The van der Waals surface area contributed by atoms with Crippen LogP contribution in [-0.2, 0) is 19.1 Å². The van der Waals surface area contributed by atoms with Crippen molar-refractivity contribution in [2.45, 2.75) is 19.3 Å². The third kappa shape index (κ3) is 11.4. The van der Waals surface area contributed by atoms with Gasteiger partial charge in [-0.3, -0.25) is 8.98 Å². The van der Waals surface area contributed by atoms with Crippen LogP contribution in [-0.4, -0.2) is 34.2 Å². The third-order valence-electron chi connectivity index (χ3n) is 1.35. The maximum absolute atomic E-state index is 10.5. The first kappa shape index (κ1) is 12.4. The molecule has 0 unspecified atom stereocenters. The second-order valence-corrected chi connectivity index (χ2v) is 4.30. The predicted octanol–water partition coefficient (Wildman–Crippen LogP) is -0.121. The summed E-state index contributed by atoms with van der Waals surface area (Å²) in [6, 6.07) is 0. The monoisotopic (exact) mass is 209 g/mol. The summed E-state index contributed by atoms with van der Waals surface area (Å²) in [5.74, 6) is 0. The molecule has 0 aliphatic rings. The van der Waals surface area contributed by atoms with E-state index in [4.69, 9.17) is 0 Å². The molecular formula is C7H15NO4S. The lowest BCUT2D eigenvalue weighted by Gasteiger charge is -2.00. The molecule has 0 atom stereocenters. The molecule has 6 heteroatoms. The fraction of sp³-hybridized carbons (Fsp3) is 0.857. The number of carbonyl (C=O) groups is 1.